The van der Waals surface area contributed by atoms with Crippen LogP contribution < -0.4 is 5.32 Å². The Morgan fingerprint density at radius 2 is 2.15 bits per heavy atom. The molecule has 0 radical (unpaired) electrons. The van der Waals surface area contributed by atoms with Crippen molar-refractivity contribution in [3.05, 3.63) is 0 Å². The third-order valence-electron chi connectivity index (χ3n) is 3.72. The number of nitrogens with one attached hydrogen (secondary N) is 1. The monoisotopic (exact) mass is 285 g/mol. The summed E-state index contributed by atoms with van der Waals surface area (Å²) >= 11 is 0. The van der Waals surface area contributed by atoms with Gasteiger partial charge in [0.15, 0.2) is 0 Å². The van der Waals surface area contributed by atoms with Gasteiger partial charge in [0.2, 0.25) is 0 Å². The van der Waals surface area contributed by atoms with E-state index in [1.54, 1.807) is 4.90 Å². The maximum atomic E-state index is 12.5. The van der Waals surface area contributed by atoms with Crippen molar-refractivity contribution in [1.82, 2.24) is 15.1 Å². The van der Waals surface area contributed by atoms with Crippen LogP contribution in [0.4, 0.5) is 4.79 Å². The Kier molecular flexibility index (Phi) is 6.78. The number of aliphatic carboxylic acids is 1. The molecule has 0 aliphatic carbocycles. The molecule has 1 atom stereocenters. The Balaban J connectivity index is 2.61. The van der Waals surface area contributed by atoms with Gasteiger partial charge >= 0.3 is 12.0 Å². The highest BCUT2D eigenvalue weighted by Gasteiger charge is 2.28. The second-order valence-electron chi connectivity index (χ2n) is 5.73. The van der Waals surface area contributed by atoms with Gasteiger partial charge in [-0.1, -0.05) is 0 Å². The number of hydrogen-bond donors (Lipinski definition) is 2. The van der Waals surface area contributed by atoms with Gasteiger partial charge in [-0.15, -0.1) is 0 Å². The first-order valence-electron chi connectivity index (χ1n) is 7.37. The van der Waals surface area contributed by atoms with Crippen LogP contribution in [0, 0.1) is 5.92 Å². The Labute approximate surface area is 121 Å². The summed E-state index contributed by atoms with van der Waals surface area (Å²) in [4.78, 5) is 26.8. The van der Waals surface area contributed by atoms with E-state index >= 15 is 0 Å². The fraction of sp³-hybridized carbons (Fsp3) is 0.857. The third-order valence-corrected chi connectivity index (χ3v) is 3.72. The molecule has 116 valence electrons. The van der Waals surface area contributed by atoms with Crippen LogP contribution in [0.2, 0.25) is 0 Å². The first-order valence-corrected chi connectivity index (χ1v) is 7.37. The van der Waals surface area contributed by atoms with Crippen LogP contribution in [0.25, 0.3) is 0 Å². The minimum atomic E-state index is -0.866. The molecule has 0 bridgehead atoms. The molecule has 1 aliphatic rings. The van der Waals surface area contributed by atoms with Gasteiger partial charge in [-0.2, -0.15) is 0 Å². The number of rotatable bonds is 6. The molecule has 1 rings (SSSR count). The molecule has 1 aliphatic heterocycles. The zero-order valence-electron chi connectivity index (χ0n) is 12.8. The molecule has 0 spiro atoms. The smallest absolute Gasteiger partial charge is 0.320 e. The fourth-order valence-corrected chi connectivity index (χ4v) is 2.67. The SMILES string of the molecule is CNCC1CCCN(C(=O)N(CCC(=O)O)C(C)C)C1. The van der Waals surface area contributed by atoms with E-state index in [4.69, 9.17) is 5.11 Å². The van der Waals surface area contributed by atoms with Crippen LogP contribution in [0.1, 0.15) is 33.1 Å². The lowest BCUT2D eigenvalue weighted by atomic mass is 9.98. The highest BCUT2D eigenvalue weighted by atomic mass is 16.4. The fourth-order valence-electron chi connectivity index (χ4n) is 2.67. The number of hydrogen-bond acceptors (Lipinski definition) is 3. The lowest BCUT2D eigenvalue weighted by molar-refractivity contribution is -0.137. The van der Waals surface area contributed by atoms with Crippen LogP contribution in [0.15, 0.2) is 0 Å². The number of carbonyl (C=O) groups excluding carboxylic acids is 1. The number of urea groups is 1. The number of carbonyl (C=O) groups is 2. The molecule has 2 N–H and O–H groups in total. The molecular formula is C14H27N3O3. The lowest BCUT2D eigenvalue weighted by Gasteiger charge is -2.37. The Hall–Kier alpha value is -1.30. The van der Waals surface area contributed by atoms with Gasteiger partial charge < -0.3 is 20.2 Å². The number of nitrogens with zero attached hydrogens (tertiary/aromatic N) is 2. The molecule has 0 aromatic carbocycles. The van der Waals surface area contributed by atoms with Crippen LogP contribution >= 0.6 is 0 Å². The van der Waals surface area contributed by atoms with Crippen LogP contribution in [-0.2, 0) is 4.79 Å². The standard InChI is InChI=1S/C14H27N3O3/c1-11(2)17(8-6-13(18)19)14(20)16-7-4-5-12(10-16)9-15-3/h11-12,15H,4-10H2,1-3H3,(H,18,19). The summed E-state index contributed by atoms with van der Waals surface area (Å²) in [5, 5.41) is 11.9. The molecule has 0 saturated carbocycles. The number of carboxylic acid groups (broad SMARTS) is 1. The van der Waals surface area contributed by atoms with Gasteiger partial charge in [0.1, 0.15) is 0 Å². The van der Waals surface area contributed by atoms with Gasteiger partial charge in [0, 0.05) is 25.7 Å². The normalized spacial score (nSPS) is 19.2. The predicted octanol–water partition coefficient (Wildman–Crippen LogP) is 1.22. The summed E-state index contributed by atoms with van der Waals surface area (Å²) in [6.45, 7) is 6.58. The Morgan fingerprint density at radius 1 is 1.45 bits per heavy atom. The van der Waals surface area contributed by atoms with E-state index in [-0.39, 0.29) is 25.0 Å². The largest absolute Gasteiger partial charge is 0.481 e. The van der Waals surface area contributed by atoms with E-state index in [0.717, 1.165) is 32.5 Å². The van der Waals surface area contributed by atoms with Gasteiger partial charge in [-0.3, -0.25) is 4.79 Å². The molecule has 6 nitrogen and oxygen atoms in total. The number of amides is 2. The van der Waals surface area contributed by atoms with E-state index < -0.39 is 5.97 Å². The molecule has 1 saturated heterocycles. The molecule has 2 amide bonds. The average molecular weight is 285 g/mol. The van der Waals surface area contributed by atoms with Crippen molar-refractivity contribution in [2.24, 2.45) is 5.92 Å². The number of piperidine rings is 1. The molecule has 1 heterocycles. The van der Waals surface area contributed by atoms with Gasteiger partial charge in [0.25, 0.3) is 0 Å². The average Bonchev–Trinajstić information content (AvgIpc) is 2.38. The molecule has 1 unspecified atom stereocenters. The second-order valence-corrected chi connectivity index (χ2v) is 5.73. The van der Waals surface area contributed by atoms with E-state index in [9.17, 15) is 9.59 Å². The van der Waals surface area contributed by atoms with Crippen molar-refractivity contribution in [2.75, 3.05) is 33.2 Å². The van der Waals surface area contributed by atoms with Crippen molar-refractivity contribution in [3.63, 3.8) is 0 Å². The van der Waals surface area contributed by atoms with Crippen molar-refractivity contribution < 1.29 is 14.7 Å². The van der Waals surface area contributed by atoms with Crippen molar-refractivity contribution >= 4 is 12.0 Å². The minimum Gasteiger partial charge on any atom is -0.481 e. The van der Waals surface area contributed by atoms with Gasteiger partial charge in [0.05, 0.1) is 6.42 Å². The predicted molar refractivity (Wildman–Crippen MR) is 77.7 cm³/mol. The topological polar surface area (TPSA) is 72.9 Å². The quantitative estimate of drug-likeness (QED) is 0.769. The van der Waals surface area contributed by atoms with E-state index in [1.165, 1.54) is 0 Å². The Bertz CT molecular complexity index is 332. The molecule has 1 fully saturated rings. The summed E-state index contributed by atoms with van der Waals surface area (Å²) in [6.07, 6.45) is 2.15. The lowest BCUT2D eigenvalue weighted by Crippen LogP contribution is -2.51. The maximum Gasteiger partial charge on any atom is 0.320 e. The van der Waals surface area contributed by atoms with Crippen LogP contribution in [-0.4, -0.2) is 66.2 Å². The third kappa shape index (κ3) is 5.00. The highest BCUT2D eigenvalue weighted by Crippen LogP contribution is 2.18. The first-order chi connectivity index (χ1) is 9.45. The van der Waals surface area contributed by atoms with Crippen LogP contribution in [0.3, 0.4) is 0 Å². The van der Waals surface area contributed by atoms with E-state index in [1.807, 2.05) is 25.8 Å². The zero-order valence-corrected chi connectivity index (χ0v) is 12.8. The van der Waals surface area contributed by atoms with Crippen molar-refractivity contribution in [1.29, 1.82) is 0 Å². The summed E-state index contributed by atoms with van der Waals surface area (Å²) in [6, 6.07) is -0.00594. The number of likely N-dealkylation sites (tertiary alicyclic amines) is 1. The zero-order chi connectivity index (χ0) is 15.1. The van der Waals surface area contributed by atoms with Crippen LogP contribution in [0.5, 0.6) is 0 Å². The molecular weight excluding hydrogens is 258 g/mol. The molecule has 6 heteroatoms. The van der Waals surface area contributed by atoms with Gasteiger partial charge in [-0.05, 0) is 46.2 Å². The summed E-state index contributed by atoms with van der Waals surface area (Å²) < 4.78 is 0. The summed E-state index contributed by atoms with van der Waals surface area (Å²) in [5.74, 6) is -0.374. The molecule has 0 aromatic heterocycles. The Morgan fingerprint density at radius 3 is 2.70 bits per heavy atom. The van der Waals surface area contributed by atoms with Crippen molar-refractivity contribution in [3.8, 4) is 0 Å². The molecule has 20 heavy (non-hydrogen) atoms. The first kappa shape index (κ1) is 16.8. The number of carboxylic acids is 1. The minimum absolute atomic E-state index is 0.00228. The summed E-state index contributed by atoms with van der Waals surface area (Å²) in [5.41, 5.74) is 0. The maximum absolute atomic E-state index is 12.5. The summed E-state index contributed by atoms with van der Waals surface area (Å²) in [7, 11) is 1.92. The van der Waals surface area contributed by atoms with E-state index in [0.29, 0.717) is 5.92 Å². The van der Waals surface area contributed by atoms with E-state index in [2.05, 4.69) is 5.32 Å². The molecule has 0 aromatic rings. The van der Waals surface area contributed by atoms with Gasteiger partial charge in [-0.25, -0.2) is 4.79 Å². The van der Waals surface area contributed by atoms with Crippen molar-refractivity contribution in [2.45, 2.75) is 39.2 Å². The second kappa shape index (κ2) is 8.09. The highest BCUT2D eigenvalue weighted by molar-refractivity contribution is 5.76.